The first-order valence-corrected chi connectivity index (χ1v) is 11.8. The van der Waals surface area contributed by atoms with Crippen LogP contribution in [0.2, 0.25) is 0 Å². The summed E-state index contributed by atoms with van der Waals surface area (Å²) in [7, 11) is 0. The van der Waals surface area contributed by atoms with Crippen LogP contribution >= 0.6 is 11.8 Å². The van der Waals surface area contributed by atoms with Crippen LogP contribution < -0.4 is 20.1 Å². The average Bonchev–Trinajstić information content (AvgIpc) is 3.28. The van der Waals surface area contributed by atoms with Gasteiger partial charge in [-0.25, -0.2) is 0 Å². The molecule has 1 fully saturated rings. The number of carbonyl (C=O) groups is 2. The second-order valence-electron chi connectivity index (χ2n) is 7.96. The van der Waals surface area contributed by atoms with E-state index >= 15 is 0 Å². The molecule has 1 aliphatic heterocycles. The molecule has 31 heavy (non-hydrogen) atoms. The Morgan fingerprint density at radius 1 is 0.968 bits per heavy atom. The molecule has 4 rings (SSSR count). The van der Waals surface area contributed by atoms with E-state index in [4.69, 9.17) is 9.47 Å². The molecule has 2 aromatic carbocycles. The van der Waals surface area contributed by atoms with E-state index in [0.29, 0.717) is 29.5 Å². The van der Waals surface area contributed by atoms with Crippen LogP contribution in [0.1, 0.15) is 48.0 Å². The molecule has 0 bridgehead atoms. The Kier molecular flexibility index (Phi) is 7.35. The zero-order valence-electron chi connectivity index (χ0n) is 17.5. The van der Waals surface area contributed by atoms with Gasteiger partial charge in [-0.3, -0.25) is 9.59 Å². The third kappa shape index (κ3) is 5.94. The molecular weight excluding hydrogens is 412 g/mol. The number of benzene rings is 2. The Bertz CT molecular complexity index is 928. The number of ether oxygens (including phenoxy) is 2. The molecule has 0 radical (unpaired) electrons. The summed E-state index contributed by atoms with van der Waals surface area (Å²) in [5.74, 6) is 2.19. The summed E-state index contributed by atoms with van der Waals surface area (Å²) in [5, 5.41) is 6.01. The van der Waals surface area contributed by atoms with Gasteiger partial charge in [-0.2, -0.15) is 0 Å². The van der Waals surface area contributed by atoms with Crippen LogP contribution in [0.4, 0.5) is 0 Å². The summed E-state index contributed by atoms with van der Waals surface area (Å²) in [6, 6.07) is 13.0. The molecule has 1 saturated carbocycles. The maximum Gasteiger partial charge on any atom is 0.252 e. The molecular formula is C24H28N2O4S. The maximum absolute atomic E-state index is 12.8. The summed E-state index contributed by atoms with van der Waals surface area (Å²) < 4.78 is 10.7. The molecule has 0 unspecified atom stereocenters. The van der Waals surface area contributed by atoms with E-state index in [9.17, 15) is 9.59 Å². The van der Waals surface area contributed by atoms with Crippen molar-refractivity contribution in [2.45, 2.75) is 43.5 Å². The first kappa shape index (κ1) is 21.6. The highest BCUT2D eigenvalue weighted by Crippen LogP contribution is 2.32. The minimum absolute atomic E-state index is 0.0196. The lowest BCUT2D eigenvalue weighted by Crippen LogP contribution is -2.31. The number of hydrogen-bond donors (Lipinski definition) is 2. The van der Waals surface area contributed by atoms with Crippen LogP contribution in [0, 0.1) is 5.92 Å². The van der Waals surface area contributed by atoms with Crippen LogP contribution in [0.15, 0.2) is 47.4 Å². The van der Waals surface area contributed by atoms with Gasteiger partial charge in [0.1, 0.15) is 0 Å². The first-order valence-electron chi connectivity index (χ1n) is 10.8. The predicted octanol–water partition coefficient (Wildman–Crippen LogP) is 4.13. The molecule has 2 aliphatic rings. The number of rotatable bonds is 8. The van der Waals surface area contributed by atoms with Crippen molar-refractivity contribution in [3.05, 3.63) is 53.6 Å². The van der Waals surface area contributed by atoms with Gasteiger partial charge in [0.05, 0.1) is 11.3 Å². The van der Waals surface area contributed by atoms with Crippen molar-refractivity contribution in [3.63, 3.8) is 0 Å². The van der Waals surface area contributed by atoms with Crippen molar-refractivity contribution in [2.24, 2.45) is 5.92 Å². The minimum Gasteiger partial charge on any atom is -0.454 e. The normalized spacial score (nSPS) is 15.5. The van der Waals surface area contributed by atoms with Crippen molar-refractivity contribution in [2.75, 3.05) is 19.1 Å². The maximum atomic E-state index is 12.8. The van der Waals surface area contributed by atoms with Gasteiger partial charge in [0, 0.05) is 18.0 Å². The quantitative estimate of drug-likeness (QED) is 0.604. The fourth-order valence-electron chi connectivity index (χ4n) is 3.95. The van der Waals surface area contributed by atoms with Gasteiger partial charge in [-0.15, -0.1) is 11.8 Å². The van der Waals surface area contributed by atoms with Crippen LogP contribution in [0.25, 0.3) is 0 Å². The van der Waals surface area contributed by atoms with E-state index in [1.54, 1.807) is 6.07 Å². The largest absolute Gasteiger partial charge is 0.454 e. The van der Waals surface area contributed by atoms with Gasteiger partial charge in [0.25, 0.3) is 5.91 Å². The van der Waals surface area contributed by atoms with Gasteiger partial charge in [-0.05, 0) is 48.6 Å². The predicted molar refractivity (Wildman–Crippen MR) is 120 cm³/mol. The number of thioether (sulfide) groups is 1. The van der Waals surface area contributed by atoms with Crippen molar-refractivity contribution < 1.29 is 19.1 Å². The molecule has 0 spiro atoms. The number of fused-ring (bicyclic) bond motifs is 1. The second-order valence-corrected chi connectivity index (χ2v) is 8.98. The summed E-state index contributed by atoms with van der Waals surface area (Å²) in [5.41, 5.74) is 1.51. The topological polar surface area (TPSA) is 76.7 Å². The van der Waals surface area contributed by atoms with Crippen molar-refractivity contribution in [3.8, 4) is 11.5 Å². The molecule has 0 atom stereocenters. The molecule has 1 heterocycles. The van der Waals surface area contributed by atoms with E-state index in [-0.39, 0.29) is 18.6 Å². The highest BCUT2D eigenvalue weighted by atomic mass is 32.2. The molecule has 2 amide bonds. The van der Waals surface area contributed by atoms with Crippen LogP contribution in [-0.4, -0.2) is 30.9 Å². The van der Waals surface area contributed by atoms with Crippen molar-refractivity contribution in [1.82, 2.24) is 10.6 Å². The molecule has 0 aromatic heterocycles. The molecule has 2 N–H and O–H groups in total. The van der Waals surface area contributed by atoms with Crippen molar-refractivity contribution >= 4 is 23.6 Å². The SMILES string of the molecule is O=C(CSc1ccccc1C(=O)NCc1ccc2c(c1)OCO2)NCC1CCCCC1. The highest BCUT2D eigenvalue weighted by molar-refractivity contribution is 8.00. The number of nitrogens with one attached hydrogen (secondary N) is 2. The van der Waals surface area contributed by atoms with Gasteiger partial charge in [0.15, 0.2) is 11.5 Å². The number of carbonyl (C=O) groups excluding carboxylic acids is 2. The van der Waals surface area contributed by atoms with E-state index < -0.39 is 0 Å². The average molecular weight is 441 g/mol. The van der Waals surface area contributed by atoms with E-state index in [0.717, 1.165) is 22.8 Å². The Hall–Kier alpha value is -2.67. The molecule has 2 aromatic rings. The summed E-state index contributed by atoms with van der Waals surface area (Å²) in [6.07, 6.45) is 6.27. The molecule has 7 heteroatoms. The van der Waals surface area contributed by atoms with Crippen LogP contribution in [-0.2, 0) is 11.3 Å². The van der Waals surface area contributed by atoms with Crippen LogP contribution in [0.3, 0.4) is 0 Å². The summed E-state index contributed by atoms with van der Waals surface area (Å²) in [6.45, 7) is 1.37. The third-order valence-corrected chi connectivity index (χ3v) is 6.77. The zero-order valence-corrected chi connectivity index (χ0v) is 18.3. The lowest BCUT2D eigenvalue weighted by atomic mass is 9.89. The molecule has 1 aliphatic carbocycles. The standard InChI is InChI=1S/C24H28N2O4S/c27-23(25-13-17-6-2-1-3-7-17)15-31-22-9-5-4-8-19(22)24(28)26-14-18-10-11-20-21(12-18)30-16-29-20/h4-5,8-12,17H,1-3,6-7,13-16H2,(H,25,27)(H,26,28). The Balaban J connectivity index is 1.28. The first-order chi connectivity index (χ1) is 15.2. The Morgan fingerprint density at radius 3 is 2.65 bits per heavy atom. The van der Waals surface area contributed by atoms with E-state index in [1.165, 1.54) is 43.9 Å². The highest BCUT2D eigenvalue weighted by Gasteiger charge is 2.17. The van der Waals surface area contributed by atoms with Gasteiger partial charge < -0.3 is 20.1 Å². The van der Waals surface area contributed by atoms with Crippen molar-refractivity contribution in [1.29, 1.82) is 0 Å². The molecule has 164 valence electrons. The zero-order chi connectivity index (χ0) is 21.5. The summed E-state index contributed by atoms with van der Waals surface area (Å²) in [4.78, 5) is 25.9. The number of amides is 2. The van der Waals surface area contributed by atoms with Gasteiger partial charge in [0.2, 0.25) is 12.7 Å². The lowest BCUT2D eigenvalue weighted by molar-refractivity contribution is -0.118. The molecule has 6 nitrogen and oxygen atoms in total. The van der Waals surface area contributed by atoms with E-state index in [1.807, 2.05) is 36.4 Å². The Labute approximate surface area is 187 Å². The number of hydrogen-bond acceptors (Lipinski definition) is 5. The fourth-order valence-corrected chi connectivity index (χ4v) is 4.83. The summed E-state index contributed by atoms with van der Waals surface area (Å²) >= 11 is 1.40. The van der Waals surface area contributed by atoms with Crippen LogP contribution in [0.5, 0.6) is 11.5 Å². The fraction of sp³-hybridized carbons (Fsp3) is 0.417. The second kappa shape index (κ2) is 10.6. The monoisotopic (exact) mass is 440 g/mol. The van der Waals surface area contributed by atoms with Gasteiger partial charge >= 0.3 is 0 Å². The smallest absolute Gasteiger partial charge is 0.252 e. The minimum atomic E-state index is -0.164. The van der Waals surface area contributed by atoms with Gasteiger partial charge in [-0.1, -0.05) is 37.5 Å². The lowest BCUT2D eigenvalue weighted by Gasteiger charge is -2.21. The Morgan fingerprint density at radius 2 is 1.77 bits per heavy atom. The van der Waals surface area contributed by atoms with E-state index in [2.05, 4.69) is 10.6 Å². The molecule has 0 saturated heterocycles. The third-order valence-electron chi connectivity index (χ3n) is 5.69.